The van der Waals surface area contributed by atoms with E-state index in [1.54, 1.807) is 45.0 Å². The van der Waals surface area contributed by atoms with E-state index in [9.17, 15) is 9.59 Å². The van der Waals surface area contributed by atoms with Gasteiger partial charge < -0.3 is 14.6 Å². The Bertz CT molecular complexity index is 515. The van der Waals surface area contributed by atoms with Crippen LogP contribution in [-0.4, -0.2) is 41.0 Å². The van der Waals surface area contributed by atoms with E-state index in [-0.39, 0.29) is 12.4 Å². The highest BCUT2D eigenvalue weighted by Gasteiger charge is 2.24. The molecule has 0 aliphatic carbocycles. The first-order valence-electron chi connectivity index (χ1n) is 7.21. The van der Waals surface area contributed by atoms with E-state index in [0.717, 1.165) is 0 Å². The van der Waals surface area contributed by atoms with Crippen LogP contribution in [0, 0.1) is 0 Å². The van der Waals surface area contributed by atoms with Crippen molar-refractivity contribution in [2.45, 2.75) is 38.6 Å². The maximum Gasteiger partial charge on any atom is 0.332 e. The number of carboxylic acids is 1. The van der Waals surface area contributed by atoms with E-state index in [0.29, 0.717) is 5.56 Å². The summed E-state index contributed by atoms with van der Waals surface area (Å²) >= 11 is 4.02. The largest absolute Gasteiger partial charge is 0.480 e. The molecular weight excluding hydrogens is 318 g/mol. The highest BCUT2D eigenvalue weighted by Crippen LogP contribution is 2.16. The number of esters is 1. The molecule has 0 amide bonds. The Hall–Kier alpha value is -1.57. The minimum Gasteiger partial charge on any atom is -0.480 e. The maximum absolute atomic E-state index is 11.8. The number of carbonyl (C=O) groups excluding carboxylic acids is 1. The summed E-state index contributed by atoms with van der Waals surface area (Å²) in [5.41, 5.74) is 0.106. The molecule has 0 heterocycles. The Balaban J connectivity index is 2.76. The van der Waals surface area contributed by atoms with Crippen LogP contribution >= 0.6 is 12.6 Å². The van der Waals surface area contributed by atoms with Gasteiger partial charge in [-0.1, -0.05) is 30.3 Å². The Morgan fingerprint density at radius 2 is 1.87 bits per heavy atom. The normalized spacial score (nSPS) is 14.1. The Morgan fingerprint density at radius 3 is 2.35 bits per heavy atom. The summed E-state index contributed by atoms with van der Waals surface area (Å²) in [4.78, 5) is 22.9. The number of carbonyl (C=O) groups is 2. The van der Waals surface area contributed by atoms with Crippen LogP contribution in [0.5, 0.6) is 0 Å². The zero-order valence-corrected chi connectivity index (χ0v) is 14.4. The smallest absolute Gasteiger partial charge is 0.332 e. The van der Waals surface area contributed by atoms with Gasteiger partial charge in [0, 0.05) is 5.75 Å². The second-order valence-corrected chi connectivity index (χ2v) is 6.29. The maximum atomic E-state index is 11.8. The van der Waals surface area contributed by atoms with Gasteiger partial charge in [0.1, 0.15) is 24.5 Å². The number of hydrogen-bond donors (Lipinski definition) is 3. The standard InChI is InChI=1S/C16H23NO5S/c1-16(2,3)22-13(18)9-21-14(11-7-5-4-6-8-11)17-12(10-23)15(19)20/h4-8,12,14,17,23H,9-10H2,1-3H3,(H,19,20)/t12-,14?/m0/s1. The van der Waals surface area contributed by atoms with E-state index in [1.165, 1.54) is 0 Å². The minimum atomic E-state index is -1.04. The zero-order chi connectivity index (χ0) is 17.5. The molecule has 0 saturated heterocycles. The molecule has 7 heteroatoms. The van der Waals surface area contributed by atoms with Crippen LogP contribution in [0.1, 0.15) is 32.6 Å². The van der Waals surface area contributed by atoms with E-state index in [2.05, 4.69) is 17.9 Å². The summed E-state index contributed by atoms with van der Waals surface area (Å²) < 4.78 is 10.7. The average Bonchev–Trinajstić information content (AvgIpc) is 2.46. The lowest BCUT2D eigenvalue weighted by Crippen LogP contribution is -2.42. The summed E-state index contributed by atoms with van der Waals surface area (Å²) in [5, 5.41) is 12.0. The van der Waals surface area contributed by atoms with E-state index in [4.69, 9.17) is 14.6 Å². The van der Waals surface area contributed by atoms with Crippen molar-refractivity contribution in [3.8, 4) is 0 Å². The van der Waals surface area contributed by atoms with Crippen molar-refractivity contribution in [2.24, 2.45) is 0 Å². The predicted octanol–water partition coefficient (Wildman–Crippen LogP) is 2.02. The molecule has 1 rings (SSSR count). The molecule has 2 atom stereocenters. The monoisotopic (exact) mass is 341 g/mol. The lowest BCUT2D eigenvalue weighted by atomic mass is 10.2. The van der Waals surface area contributed by atoms with Crippen molar-refractivity contribution in [2.75, 3.05) is 12.4 Å². The Morgan fingerprint density at radius 1 is 1.26 bits per heavy atom. The number of thiol groups is 1. The second kappa shape index (κ2) is 8.90. The summed E-state index contributed by atoms with van der Waals surface area (Å²) in [6.07, 6.45) is -0.753. The summed E-state index contributed by atoms with van der Waals surface area (Å²) in [6, 6.07) is 8.10. The fraction of sp³-hybridized carbons (Fsp3) is 0.500. The third kappa shape index (κ3) is 7.49. The van der Waals surface area contributed by atoms with Crippen molar-refractivity contribution in [1.82, 2.24) is 5.32 Å². The second-order valence-electron chi connectivity index (χ2n) is 5.93. The molecule has 0 spiro atoms. The number of ether oxygens (including phenoxy) is 2. The van der Waals surface area contributed by atoms with Crippen molar-refractivity contribution < 1.29 is 24.2 Å². The first kappa shape index (κ1) is 19.5. The molecule has 0 radical (unpaired) electrons. The van der Waals surface area contributed by atoms with Gasteiger partial charge in [0.05, 0.1) is 0 Å². The van der Waals surface area contributed by atoms with E-state index < -0.39 is 29.8 Å². The molecule has 0 aromatic heterocycles. The lowest BCUT2D eigenvalue weighted by molar-refractivity contribution is -0.163. The van der Waals surface area contributed by atoms with Crippen LogP contribution in [0.4, 0.5) is 0 Å². The third-order valence-electron chi connectivity index (χ3n) is 2.72. The van der Waals surface area contributed by atoms with Gasteiger partial charge in [-0.15, -0.1) is 0 Å². The minimum absolute atomic E-state index is 0.0917. The first-order chi connectivity index (χ1) is 10.7. The number of hydrogen-bond acceptors (Lipinski definition) is 6. The molecule has 0 bridgehead atoms. The van der Waals surface area contributed by atoms with Crippen LogP contribution in [0.25, 0.3) is 0 Å². The van der Waals surface area contributed by atoms with Gasteiger partial charge in [-0.25, -0.2) is 4.79 Å². The zero-order valence-electron chi connectivity index (χ0n) is 13.5. The van der Waals surface area contributed by atoms with E-state index >= 15 is 0 Å². The van der Waals surface area contributed by atoms with Gasteiger partial charge in [-0.05, 0) is 26.3 Å². The molecular formula is C16H23NO5S. The number of rotatable bonds is 8. The van der Waals surface area contributed by atoms with Gasteiger partial charge in [0.25, 0.3) is 0 Å². The Labute approximate surface area is 141 Å². The van der Waals surface area contributed by atoms with Crippen molar-refractivity contribution in [3.63, 3.8) is 0 Å². The molecule has 0 aliphatic heterocycles. The first-order valence-corrected chi connectivity index (χ1v) is 7.84. The van der Waals surface area contributed by atoms with Crippen molar-refractivity contribution in [1.29, 1.82) is 0 Å². The third-order valence-corrected chi connectivity index (χ3v) is 3.09. The van der Waals surface area contributed by atoms with Crippen LogP contribution in [0.15, 0.2) is 30.3 Å². The number of benzene rings is 1. The highest BCUT2D eigenvalue weighted by molar-refractivity contribution is 7.80. The number of nitrogens with one attached hydrogen (secondary N) is 1. The molecule has 0 fully saturated rings. The molecule has 1 aromatic rings. The topological polar surface area (TPSA) is 84.9 Å². The van der Waals surface area contributed by atoms with Gasteiger partial charge in [0.15, 0.2) is 0 Å². The number of aliphatic carboxylic acids is 1. The van der Waals surface area contributed by atoms with Gasteiger partial charge in [-0.2, -0.15) is 12.6 Å². The fourth-order valence-electron chi connectivity index (χ4n) is 1.78. The van der Waals surface area contributed by atoms with E-state index in [1.807, 2.05) is 6.07 Å². The summed E-state index contributed by atoms with van der Waals surface area (Å²) in [6.45, 7) is 5.00. The Kier molecular flexibility index (Phi) is 7.54. The quantitative estimate of drug-likeness (QED) is 0.381. The van der Waals surface area contributed by atoms with Crippen LogP contribution < -0.4 is 5.32 Å². The summed E-state index contributed by atoms with van der Waals surface area (Å²) in [5.74, 6) is -1.46. The molecule has 2 N–H and O–H groups in total. The number of carboxylic acid groups (broad SMARTS) is 1. The van der Waals surface area contributed by atoms with Gasteiger partial charge in [0.2, 0.25) is 0 Å². The van der Waals surface area contributed by atoms with Gasteiger partial charge in [-0.3, -0.25) is 10.1 Å². The highest BCUT2D eigenvalue weighted by atomic mass is 32.1. The van der Waals surface area contributed by atoms with Crippen LogP contribution in [0.3, 0.4) is 0 Å². The molecule has 128 valence electrons. The molecule has 23 heavy (non-hydrogen) atoms. The van der Waals surface area contributed by atoms with Crippen LogP contribution in [-0.2, 0) is 19.1 Å². The van der Waals surface area contributed by atoms with Crippen molar-refractivity contribution in [3.05, 3.63) is 35.9 Å². The molecule has 0 aliphatic rings. The van der Waals surface area contributed by atoms with Gasteiger partial charge >= 0.3 is 11.9 Å². The molecule has 1 unspecified atom stereocenters. The summed E-state index contributed by atoms with van der Waals surface area (Å²) in [7, 11) is 0. The fourth-order valence-corrected chi connectivity index (χ4v) is 2.04. The molecule has 6 nitrogen and oxygen atoms in total. The average molecular weight is 341 g/mol. The van der Waals surface area contributed by atoms with Crippen LogP contribution in [0.2, 0.25) is 0 Å². The lowest BCUT2D eigenvalue weighted by Gasteiger charge is -2.24. The SMILES string of the molecule is CC(C)(C)OC(=O)COC(N[C@@H](CS)C(=O)O)c1ccccc1. The molecule has 0 saturated carbocycles. The van der Waals surface area contributed by atoms with Crippen molar-refractivity contribution >= 4 is 24.6 Å². The predicted molar refractivity (Wildman–Crippen MR) is 89.4 cm³/mol. The molecule has 1 aromatic carbocycles.